The van der Waals surface area contributed by atoms with Crippen molar-refractivity contribution in [2.75, 3.05) is 0 Å². The Morgan fingerprint density at radius 2 is 1.80 bits per heavy atom. The maximum atomic E-state index is 8.92. The summed E-state index contributed by atoms with van der Waals surface area (Å²) in [4.78, 5) is 0. The first-order chi connectivity index (χ1) is 4.70. The first kappa shape index (κ1) is 7.09. The van der Waals surface area contributed by atoms with E-state index in [0.29, 0.717) is 11.8 Å². The summed E-state index contributed by atoms with van der Waals surface area (Å²) in [5, 5.41) is 8.92. The van der Waals surface area contributed by atoms with Gasteiger partial charge in [0, 0.05) is 5.56 Å². The van der Waals surface area contributed by atoms with Gasteiger partial charge in [-0.05, 0) is 31.2 Å². The van der Waals surface area contributed by atoms with E-state index in [1.807, 2.05) is 19.1 Å². The minimum atomic E-state index is 0.292. The number of quaternary nitrogens is 1. The van der Waals surface area contributed by atoms with E-state index in [-0.39, 0.29) is 0 Å². The van der Waals surface area contributed by atoms with E-state index in [4.69, 9.17) is 5.11 Å². The number of aromatic hydroxyl groups is 1. The van der Waals surface area contributed by atoms with Crippen LogP contribution in [-0.2, 0) is 0 Å². The molecule has 2 nitrogen and oxygen atoms in total. The molecule has 0 heterocycles. The van der Waals surface area contributed by atoms with Crippen molar-refractivity contribution >= 4 is 0 Å². The molecule has 0 unspecified atom stereocenters. The lowest BCUT2D eigenvalue weighted by atomic mass is 10.1. The molecule has 1 aromatic carbocycles. The number of phenols is 1. The predicted molar refractivity (Wildman–Crippen MR) is 39.4 cm³/mol. The van der Waals surface area contributed by atoms with Crippen LogP contribution in [0.5, 0.6) is 5.75 Å². The van der Waals surface area contributed by atoms with Crippen molar-refractivity contribution in [3.05, 3.63) is 29.8 Å². The SMILES string of the molecule is C[C@H]([NH3+])c1ccc(O)cc1. The van der Waals surface area contributed by atoms with Gasteiger partial charge in [0.05, 0.1) is 0 Å². The summed E-state index contributed by atoms with van der Waals surface area (Å²) in [6.07, 6.45) is 0. The van der Waals surface area contributed by atoms with E-state index in [1.165, 1.54) is 0 Å². The zero-order valence-corrected chi connectivity index (χ0v) is 6.04. The normalized spacial score (nSPS) is 13.0. The molecule has 0 amide bonds. The summed E-state index contributed by atoms with van der Waals surface area (Å²) in [6.45, 7) is 2.02. The van der Waals surface area contributed by atoms with Crippen LogP contribution in [0.1, 0.15) is 18.5 Å². The number of benzene rings is 1. The fourth-order valence-corrected chi connectivity index (χ4v) is 0.803. The number of hydrogen-bond donors (Lipinski definition) is 2. The Hall–Kier alpha value is -1.02. The Kier molecular flexibility index (Phi) is 1.92. The van der Waals surface area contributed by atoms with E-state index in [9.17, 15) is 0 Å². The van der Waals surface area contributed by atoms with Gasteiger partial charge in [-0.2, -0.15) is 0 Å². The second kappa shape index (κ2) is 2.71. The van der Waals surface area contributed by atoms with Gasteiger partial charge in [0.1, 0.15) is 11.8 Å². The van der Waals surface area contributed by atoms with Crippen LogP contribution in [0.25, 0.3) is 0 Å². The molecule has 0 fully saturated rings. The van der Waals surface area contributed by atoms with Gasteiger partial charge in [0.15, 0.2) is 0 Å². The lowest BCUT2D eigenvalue weighted by Crippen LogP contribution is -2.51. The molecule has 10 heavy (non-hydrogen) atoms. The minimum Gasteiger partial charge on any atom is -0.508 e. The summed E-state index contributed by atoms with van der Waals surface area (Å²) in [6, 6.07) is 7.41. The van der Waals surface area contributed by atoms with E-state index < -0.39 is 0 Å². The van der Waals surface area contributed by atoms with Crippen LogP contribution in [0.2, 0.25) is 0 Å². The van der Waals surface area contributed by atoms with Gasteiger partial charge in [-0.3, -0.25) is 0 Å². The highest BCUT2D eigenvalue weighted by atomic mass is 16.3. The summed E-state index contributed by atoms with van der Waals surface area (Å²) in [7, 11) is 0. The van der Waals surface area contributed by atoms with Gasteiger partial charge >= 0.3 is 0 Å². The molecule has 4 N–H and O–H groups in total. The van der Waals surface area contributed by atoms with Crippen molar-refractivity contribution < 1.29 is 10.8 Å². The predicted octanol–water partition coefficient (Wildman–Crippen LogP) is 0.695. The van der Waals surface area contributed by atoms with Crippen molar-refractivity contribution in [1.82, 2.24) is 0 Å². The van der Waals surface area contributed by atoms with Crippen LogP contribution >= 0.6 is 0 Å². The summed E-state index contributed by atoms with van der Waals surface area (Å²) >= 11 is 0. The molecule has 0 saturated carbocycles. The van der Waals surface area contributed by atoms with E-state index in [0.717, 1.165) is 5.56 Å². The molecule has 1 aromatic rings. The first-order valence-electron chi connectivity index (χ1n) is 3.32. The average molecular weight is 138 g/mol. The van der Waals surface area contributed by atoms with Crippen LogP contribution in [0.15, 0.2) is 24.3 Å². The molecule has 0 saturated heterocycles. The van der Waals surface area contributed by atoms with Gasteiger partial charge in [-0.15, -0.1) is 0 Å². The Balaban J connectivity index is 2.89. The van der Waals surface area contributed by atoms with E-state index >= 15 is 0 Å². The quantitative estimate of drug-likeness (QED) is 0.589. The van der Waals surface area contributed by atoms with Gasteiger partial charge in [0.25, 0.3) is 0 Å². The smallest absolute Gasteiger partial charge is 0.115 e. The second-order valence-corrected chi connectivity index (χ2v) is 2.49. The fraction of sp³-hybridized carbons (Fsp3) is 0.250. The monoisotopic (exact) mass is 138 g/mol. The van der Waals surface area contributed by atoms with Gasteiger partial charge < -0.3 is 10.8 Å². The molecule has 54 valence electrons. The van der Waals surface area contributed by atoms with Crippen molar-refractivity contribution in [2.24, 2.45) is 0 Å². The molecular formula is C8H12NO+. The molecule has 1 rings (SSSR count). The van der Waals surface area contributed by atoms with E-state index in [1.54, 1.807) is 12.1 Å². The van der Waals surface area contributed by atoms with Crippen LogP contribution in [-0.4, -0.2) is 5.11 Å². The standard InChI is InChI=1S/C8H11NO/c1-6(9)7-2-4-8(10)5-3-7/h2-6,10H,9H2,1H3/p+1/t6-/m0/s1. The lowest BCUT2D eigenvalue weighted by molar-refractivity contribution is -0.420. The summed E-state index contributed by atoms with van der Waals surface area (Å²) in [5.74, 6) is 0.310. The Morgan fingerprint density at radius 3 is 2.20 bits per heavy atom. The van der Waals surface area contributed by atoms with Crippen molar-refractivity contribution in [3.8, 4) is 5.75 Å². The first-order valence-corrected chi connectivity index (χ1v) is 3.32. The zero-order valence-electron chi connectivity index (χ0n) is 6.04. The van der Waals surface area contributed by atoms with Crippen LogP contribution < -0.4 is 5.73 Å². The van der Waals surface area contributed by atoms with Gasteiger partial charge in [-0.1, -0.05) is 0 Å². The number of hydrogen-bond acceptors (Lipinski definition) is 1. The zero-order chi connectivity index (χ0) is 7.56. The third-order valence-corrected chi connectivity index (χ3v) is 1.46. The minimum absolute atomic E-state index is 0.292. The molecule has 0 bridgehead atoms. The molecule has 0 aromatic heterocycles. The van der Waals surface area contributed by atoms with E-state index in [2.05, 4.69) is 5.73 Å². The molecule has 0 radical (unpaired) electrons. The fourth-order valence-electron chi connectivity index (χ4n) is 0.803. The van der Waals surface area contributed by atoms with Gasteiger partial charge in [0.2, 0.25) is 0 Å². The second-order valence-electron chi connectivity index (χ2n) is 2.49. The lowest BCUT2D eigenvalue weighted by Gasteiger charge is -2.00. The Labute approximate surface area is 60.3 Å². The maximum absolute atomic E-state index is 8.92. The van der Waals surface area contributed by atoms with Crippen molar-refractivity contribution in [1.29, 1.82) is 0 Å². The molecule has 2 heteroatoms. The van der Waals surface area contributed by atoms with Gasteiger partial charge in [-0.25, -0.2) is 0 Å². The summed E-state index contributed by atoms with van der Waals surface area (Å²) < 4.78 is 0. The Morgan fingerprint density at radius 1 is 1.30 bits per heavy atom. The number of phenolic OH excluding ortho intramolecular Hbond substituents is 1. The topological polar surface area (TPSA) is 47.9 Å². The van der Waals surface area contributed by atoms with Crippen molar-refractivity contribution in [3.63, 3.8) is 0 Å². The molecule has 1 atom stereocenters. The van der Waals surface area contributed by atoms with Crippen LogP contribution in [0.4, 0.5) is 0 Å². The number of rotatable bonds is 1. The highest BCUT2D eigenvalue weighted by molar-refractivity contribution is 5.26. The molecule has 0 spiro atoms. The molecule has 0 aliphatic carbocycles. The largest absolute Gasteiger partial charge is 0.508 e. The third kappa shape index (κ3) is 1.48. The third-order valence-electron chi connectivity index (χ3n) is 1.46. The Bertz CT molecular complexity index is 203. The molecule has 0 aliphatic heterocycles. The summed E-state index contributed by atoms with van der Waals surface area (Å²) in [5.41, 5.74) is 5.01. The molecular weight excluding hydrogens is 126 g/mol. The van der Waals surface area contributed by atoms with Crippen LogP contribution in [0.3, 0.4) is 0 Å². The highest BCUT2D eigenvalue weighted by Gasteiger charge is 1.99. The maximum Gasteiger partial charge on any atom is 0.115 e. The van der Waals surface area contributed by atoms with Crippen molar-refractivity contribution in [2.45, 2.75) is 13.0 Å². The van der Waals surface area contributed by atoms with Crippen LogP contribution in [0, 0.1) is 0 Å². The molecule has 0 aliphatic rings. The average Bonchev–Trinajstić information content (AvgIpc) is 1.88. The highest BCUT2D eigenvalue weighted by Crippen LogP contribution is 2.12.